The van der Waals surface area contributed by atoms with Crippen LogP contribution in [0.25, 0.3) is 0 Å². The molecule has 0 atom stereocenters. The number of benzene rings is 2. The maximum Gasteiger partial charge on any atom is 0.309 e. The number of methoxy groups -OCH3 is 1. The van der Waals surface area contributed by atoms with Crippen LogP contribution in [0, 0.1) is 0 Å². The van der Waals surface area contributed by atoms with Gasteiger partial charge in [-0.15, -0.1) is 11.8 Å². The Bertz CT molecular complexity index is 1160. The molecule has 0 fully saturated rings. The van der Waals surface area contributed by atoms with Gasteiger partial charge < -0.3 is 25.2 Å². The zero-order chi connectivity index (χ0) is 23.8. The van der Waals surface area contributed by atoms with E-state index in [1.165, 1.54) is 18.9 Å². The molecule has 0 aliphatic rings. The van der Waals surface area contributed by atoms with E-state index in [0.717, 1.165) is 11.3 Å². The summed E-state index contributed by atoms with van der Waals surface area (Å²) in [6, 6.07) is 13.9. The Balaban J connectivity index is 1.64. The van der Waals surface area contributed by atoms with E-state index in [4.69, 9.17) is 14.6 Å². The largest absolute Gasteiger partial charge is 0.493 e. The number of carbonyl (C=O) groups is 3. The van der Waals surface area contributed by atoms with Crippen molar-refractivity contribution in [1.82, 2.24) is 4.98 Å². The Kier molecular flexibility index (Phi) is 8.28. The summed E-state index contributed by atoms with van der Waals surface area (Å²) < 4.78 is 11.9. The Labute approximate surface area is 198 Å². The highest BCUT2D eigenvalue weighted by Gasteiger charge is 2.18. The van der Waals surface area contributed by atoms with Crippen LogP contribution in [-0.4, -0.2) is 41.2 Å². The predicted molar refractivity (Wildman–Crippen MR) is 127 cm³/mol. The minimum atomic E-state index is -1.01. The van der Waals surface area contributed by atoms with Crippen LogP contribution in [0.2, 0.25) is 0 Å². The van der Waals surface area contributed by atoms with E-state index in [1.54, 1.807) is 48.7 Å². The number of para-hydroxylation sites is 4. The molecule has 172 valence electrons. The number of anilines is 2. The maximum atomic E-state index is 12.5. The standard InChI is InChI=1S/C22H21N3O6S2/c1-30-16-9-5-6-10-17(16)31-15-8-4-3-7-13(15)23-18(26)12-19(27)25-22-24-14(11-20(28)29)21(32-2)33-22/h3-10H,11-12H2,1-2H3,(H,23,26)(H,28,29)(H,24,25,27). The van der Waals surface area contributed by atoms with Crippen LogP contribution >= 0.6 is 23.1 Å². The average molecular weight is 488 g/mol. The van der Waals surface area contributed by atoms with Gasteiger partial charge in [0.25, 0.3) is 0 Å². The quantitative estimate of drug-likeness (QED) is 0.286. The summed E-state index contributed by atoms with van der Waals surface area (Å²) in [6.07, 6.45) is 1.10. The Morgan fingerprint density at radius 1 is 1.00 bits per heavy atom. The molecule has 0 saturated carbocycles. The summed E-state index contributed by atoms with van der Waals surface area (Å²) in [7, 11) is 1.53. The van der Waals surface area contributed by atoms with Gasteiger partial charge in [0.15, 0.2) is 22.4 Å². The molecule has 0 unspecified atom stereocenters. The summed E-state index contributed by atoms with van der Waals surface area (Å²) in [5, 5.41) is 14.4. The van der Waals surface area contributed by atoms with Crippen LogP contribution in [0.5, 0.6) is 17.2 Å². The zero-order valence-electron chi connectivity index (χ0n) is 17.8. The third-order valence-corrected chi connectivity index (χ3v) is 6.35. The van der Waals surface area contributed by atoms with E-state index < -0.39 is 24.2 Å². The summed E-state index contributed by atoms with van der Waals surface area (Å²) in [6.45, 7) is 0. The van der Waals surface area contributed by atoms with Crippen LogP contribution in [0.3, 0.4) is 0 Å². The molecule has 0 aliphatic carbocycles. The van der Waals surface area contributed by atoms with Crippen molar-refractivity contribution < 1.29 is 29.0 Å². The van der Waals surface area contributed by atoms with E-state index >= 15 is 0 Å². The average Bonchev–Trinajstić information content (AvgIpc) is 3.15. The maximum absolute atomic E-state index is 12.5. The van der Waals surface area contributed by atoms with Gasteiger partial charge in [-0.2, -0.15) is 0 Å². The van der Waals surface area contributed by atoms with Gasteiger partial charge in [0.1, 0.15) is 6.42 Å². The fraction of sp³-hybridized carbons (Fsp3) is 0.182. The smallest absolute Gasteiger partial charge is 0.309 e. The second kappa shape index (κ2) is 11.3. The van der Waals surface area contributed by atoms with E-state index in [-0.39, 0.29) is 11.6 Å². The van der Waals surface area contributed by atoms with E-state index in [0.29, 0.717) is 32.8 Å². The zero-order valence-corrected chi connectivity index (χ0v) is 19.4. The number of amides is 2. The lowest BCUT2D eigenvalue weighted by Gasteiger charge is -2.14. The van der Waals surface area contributed by atoms with Crippen molar-refractivity contribution in [3.05, 3.63) is 54.2 Å². The number of nitrogens with zero attached hydrogens (tertiary/aromatic N) is 1. The molecular weight excluding hydrogens is 466 g/mol. The highest BCUT2D eigenvalue weighted by Crippen LogP contribution is 2.35. The fourth-order valence-electron chi connectivity index (χ4n) is 2.79. The van der Waals surface area contributed by atoms with Gasteiger partial charge in [-0.25, -0.2) is 4.98 Å². The van der Waals surface area contributed by atoms with Gasteiger partial charge in [-0.1, -0.05) is 35.6 Å². The van der Waals surface area contributed by atoms with Crippen LogP contribution < -0.4 is 20.1 Å². The SMILES string of the molecule is COc1ccccc1Oc1ccccc1NC(=O)CC(=O)Nc1nc(CC(=O)O)c(SC)s1. The van der Waals surface area contributed by atoms with Crippen molar-refractivity contribution in [1.29, 1.82) is 0 Å². The Morgan fingerprint density at radius 2 is 1.64 bits per heavy atom. The van der Waals surface area contributed by atoms with Crippen molar-refractivity contribution in [3.8, 4) is 17.2 Å². The van der Waals surface area contributed by atoms with Gasteiger partial charge in [-0.05, 0) is 30.5 Å². The number of thioether (sulfide) groups is 1. The van der Waals surface area contributed by atoms with Crippen LogP contribution in [0.1, 0.15) is 12.1 Å². The van der Waals surface area contributed by atoms with Crippen molar-refractivity contribution in [2.75, 3.05) is 24.0 Å². The van der Waals surface area contributed by atoms with E-state index in [2.05, 4.69) is 15.6 Å². The number of carboxylic acid groups (broad SMARTS) is 1. The molecule has 0 spiro atoms. The highest BCUT2D eigenvalue weighted by atomic mass is 32.2. The second-order valence-electron chi connectivity index (χ2n) is 6.55. The topological polar surface area (TPSA) is 127 Å². The molecule has 0 aliphatic heterocycles. The molecule has 9 nitrogen and oxygen atoms in total. The Morgan fingerprint density at radius 3 is 2.30 bits per heavy atom. The van der Waals surface area contributed by atoms with Gasteiger partial charge in [0, 0.05) is 0 Å². The van der Waals surface area contributed by atoms with E-state index in [9.17, 15) is 14.4 Å². The van der Waals surface area contributed by atoms with Crippen LogP contribution in [0.4, 0.5) is 10.8 Å². The number of hydrogen-bond acceptors (Lipinski definition) is 8. The molecule has 0 radical (unpaired) electrons. The summed E-state index contributed by atoms with van der Waals surface area (Å²) >= 11 is 2.51. The van der Waals surface area contributed by atoms with Gasteiger partial charge >= 0.3 is 5.97 Å². The predicted octanol–water partition coefficient (Wildman–Crippen LogP) is 4.26. The number of carbonyl (C=O) groups excluding carboxylic acids is 2. The van der Waals surface area contributed by atoms with Crippen molar-refractivity contribution in [3.63, 3.8) is 0 Å². The second-order valence-corrected chi connectivity index (χ2v) is 8.62. The first-order chi connectivity index (χ1) is 15.9. The monoisotopic (exact) mass is 487 g/mol. The molecule has 0 bridgehead atoms. The van der Waals surface area contributed by atoms with Crippen molar-refractivity contribution in [2.24, 2.45) is 0 Å². The molecule has 3 N–H and O–H groups in total. The molecule has 1 heterocycles. The normalized spacial score (nSPS) is 10.4. The van der Waals surface area contributed by atoms with Gasteiger partial charge in [0.05, 0.1) is 29.1 Å². The molecule has 33 heavy (non-hydrogen) atoms. The lowest BCUT2D eigenvalue weighted by molar-refractivity contribution is -0.136. The number of nitrogens with one attached hydrogen (secondary N) is 2. The minimum Gasteiger partial charge on any atom is -0.493 e. The first kappa shape index (κ1) is 24.1. The fourth-order valence-corrected chi connectivity index (χ4v) is 4.45. The lowest BCUT2D eigenvalue weighted by atomic mass is 10.2. The van der Waals surface area contributed by atoms with Crippen LogP contribution in [-0.2, 0) is 20.8 Å². The summed E-state index contributed by atoms with van der Waals surface area (Å²) in [4.78, 5) is 39.9. The molecule has 2 aromatic carbocycles. The van der Waals surface area contributed by atoms with Gasteiger partial charge in [-0.3, -0.25) is 14.4 Å². The summed E-state index contributed by atoms with van der Waals surface area (Å²) in [5.74, 6) is -0.728. The third-order valence-electron chi connectivity index (χ3n) is 4.18. The molecule has 3 rings (SSSR count). The molecular formula is C22H21N3O6S2. The first-order valence-corrected chi connectivity index (χ1v) is 11.7. The number of ether oxygens (including phenoxy) is 2. The summed E-state index contributed by atoms with van der Waals surface area (Å²) in [5.41, 5.74) is 0.769. The molecule has 11 heteroatoms. The minimum absolute atomic E-state index is 0.244. The molecule has 2 amide bonds. The first-order valence-electron chi connectivity index (χ1n) is 9.64. The molecule has 3 aromatic rings. The number of aromatic nitrogens is 1. The molecule has 1 aromatic heterocycles. The third kappa shape index (κ3) is 6.70. The number of carboxylic acids is 1. The van der Waals surface area contributed by atoms with Crippen molar-refractivity contribution in [2.45, 2.75) is 17.1 Å². The number of thiazole rings is 1. The van der Waals surface area contributed by atoms with Crippen LogP contribution in [0.15, 0.2) is 52.7 Å². The molecule has 0 saturated heterocycles. The highest BCUT2D eigenvalue weighted by molar-refractivity contribution is 8.00. The van der Waals surface area contributed by atoms with E-state index in [1.807, 2.05) is 6.07 Å². The number of rotatable bonds is 10. The number of aliphatic carboxylic acids is 1. The lowest BCUT2D eigenvalue weighted by Crippen LogP contribution is -2.21. The van der Waals surface area contributed by atoms with Gasteiger partial charge in [0.2, 0.25) is 11.8 Å². The van der Waals surface area contributed by atoms with Crippen molar-refractivity contribution >= 4 is 51.7 Å². The number of hydrogen-bond donors (Lipinski definition) is 3. The Hall–Kier alpha value is -3.57.